The summed E-state index contributed by atoms with van der Waals surface area (Å²) < 4.78 is 20.4. The minimum Gasteiger partial charge on any atom is -0.383 e. The number of hydrogen-bond acceptors (Lipinski definition) is 4. The molecule has 2 aromatic rings. The van der Waals surface area contributed by atoms with Gasteiger partial charge in [-0.3, -0.25) is 4.79 Å². The molecule has 0 saturated carbocycles. The highest BCUT2D eigenvalue weighted by Crippen LogP contribution is 2.18. The zero-order valence-electron chi connectivity index (χ0n) is 13.0. The molecule has 2 N–H and O–H groups in total. The second-order valence-electron chi connectivity index (χ2n) is 4.85. The molecule has 1 aromatic heterocycles. The Morgan fingerprint density at radius 3 is 2.83 bits per heavy atom. The average Bonchev–Trinajstić information content (AvgIpc) is 2.90. The van der Waals surface area contributed by atoms with E-state index in [1.54, 1.807) is 31.6 Å². The molecule has 0 atom stereocenters. The number of anilines is 1. The first-order valence-corrected chi connectivity index (χ1v) is 6.91. The Kier molecular flexibility index (Phi) is 7.67. The molecular formula is C15H20ClFN4O2. The molecule has 0 bridgehead atoms. The van der Waals surface area contributed by atoms with Crippen molar-refractivity contribution in [1.82, 2.24) is 15.1 Å². The lowest BCUT2D eigenvalue weighted by Crippen LogP contribution is -2.30. The summed E-state index contributed by atoms with van der Waals surface area (Å²) in [5, 5.41) is 9.61. The number of carbonyl (C=O) groups is 1. The minimum atomic E-state index is -0.451. The highest BCUT2D eigenvalue weighted by Gasteiger charge is 2.08. The van der Waals surface area contributed by atoms with Crippen molar-refractivity contribution in [2.75, 3.05) is 32.1 Å². The van der Waals surface area contributed by atoms with Crippen LogP contribution in [0.4, 0.5) is 10.1 Å². The molecule has 0 aliphatic carbocycles. The lowest BCUT2D eigenvalue weighted by atomic mass is 10.2. The number of halogens is 2. The van der Waals surface area contributed by atoms with Gasteiger partial charge in [-0.05, 0) is 30.7 Å². The van der Waals surface area contributed by atoms with Crippen LogP contribution in [0, 0.1) is 12.7 Å². The third kappa shape index (κ3) is 5.63. The number of nitrogens with zero attached hydrogens (tertiary/aromatic N) is 2. The maximum atomic E-state index is 14.1. The molecule has 1 aromatic carbocycles. The number of aromatic nitrogens is 2. The lowest BCUT2D eigenvalue weighted by Gasteiger charge is -2.09. The number of methoxy groups -OCH3 is 1. The van der Waals surface area contributed by atoms with E-state index in [9.17, 15) is 9.18 Å². The smallest absolute Gasteiger partial charge is 0.238 e. The van der Waals surface area contributed by atoms with Crippen LogP contribution in [-0.2, 0) is 9.53 Å². The summed E-state index contributed by atoms with van der Waals surface area (Å²) in [7, 11) is 1.59. The van der Waals surface area contributed by atoms with E-state index in [4.69, 9.17) is 4.74 Å². The minimum absolute atomic E-state index is 0. The number of rotatable bonds is 7. The van der Waals surface area contributed by atoms with Gasteiger partial charge in [-0.1, -0.05) is 0 Å². The first-order chi connectivity index (χ1) is 10.6. The Morgan fingerprint density at radius 1 is 1.43 bits per heavy atom. The predicted octanol–water partition coefficient (Wildman–Crippen LogP) is 1.92. The number of amides is 1. The monoisotopic (exact) mass is 342 g/mol. The van der Waals surface area contributed by atoms with E-state index in [0.717, 1.165) is 5.56 Å². The van der Waals surface area contributed by atoms with Crippen LogP contribution >= 0.6 is 12.4 Å². The van der Waals surface area contributed by atoms with E-state index in [-0.39, 0.29) is 24.9 Å². The van der Waals surface area contributed by atoms with E-state index >= 15 is 0 Å². The molecule has 0 aliphatic heterocycles. The normalized spacial score (nSPS) is 10.2. The van der Waals surface area contributed by atoms with E-state index < -0.39 is 5.82 Å². The molecule has 0 unspecified atom stereocenters. The van der Waals surface area contributed by atoms with Gasteiger partial charge in [-0.2, -0.15) is 5.10 Å². The van der Waals surface area contributed by atoms with E-state index in [1.807, 2.05) is 6.92 Å². The van der Waals surface area contributed by atoms with Crippen LogP contribution in [0.15, 0.2) is 30.6 Å². The van der Waals surface area contributed by atoms with Crippen LogP contribution in [0.3, 0.4) is 0 Å². The fourth-order valence-electron chi connectivity index (χ4n) is 1.90. The number of carbonyl (C=O) groups excluding carboxylic acids is 1. The van der Waals surface area contributed by atoms with Crippen molar-refractivity contribution < 1.29 is 13.9 Å². The number of nitrogens with one attached hydrogen (secondary N) is 2. The van der Waals surface area contributed by atoms with E-state index in [2.05, 4.69) is 15.7 Å². The van der Waals surface area contributed by atoms with Gasteiger partial charge < -0.3 is 15.4 Å². The Morgan fingerprint density at radius 2 is 2.22 bits per heavy atom. The van der Waals surface area contributed by atoms with Gasteiger partial charge in [0.2, 0.25) is 5.91 Å². The van der Waals surface area contributed by atoms with Gasteiger partial charge in [0.15, 0.2) is 5.82 Å². The van der Waals surface area contributed by atoms with Crippen LogP contribution in [0.1, 0.15) is 5.56 Å². The van der Waals surface area contributed by atoms with Gasteiger partial charge in [0, 0.05) is 25.5 Å². The fraction of sp³-hybridized carbons (Fsp3) is 0.333. The van der Waals surface area contributed by atoms with Crippen LogP contribution in [0.2, 0.25) is 0 Å². The second-order valence-corrected chi connectivity index (χ2v) is 4.85. The van der Waals surface area contributed by atoms with E-state index in [1.165, 1.54) is 10.7 Å². The average molecular weight is 343 g/mol. The summed E-state index contributed by atoms with van der Waals surface area (Å²) in [6, 6.07) is 4.50. The number of benzene rings is 1. The largest absolute Gasteiger partial charge is 0.383 e. The fourth-order valence-corrected chi connectivity index (χ4v) is 1.90. The zero-order valence-corrected chi connectivity index (χ0v) is 13.8. The molecule has 8 heteroatoms. The summed E-state index contributed by atoms with van der Waals surface area (Å²) >= 11 is 0. The van der Waals surface area contributed by atoms with Gasteiger partial charge in [-0.25, -0.2) is 9.07 Å². The first-order valence-electron chi connectivity index (χ1n) is 6.91. The van der Waals surface area contributed by atoms with Gasteiger partial charge >= 0.3 is 0 Å². The zero-order chi connectivity index (χ0) is 15.9. The number of ether oxygens (including phenoxy) is 1. The molecule has 1 heterocycles. The van der Waals surface area contributed by atoms with Crippen LogP contribution in [0.25, 0.3) is 5.69 Å². The second kappa shape index (κ2) is 9.24. The Labute approximate surface area is 140 Å². The molecule has 6 nitrogen and oxygen atoms in total. The molecule has 2 rings (SSSR count). The van der Waals surface area contributed by atoms with E-state index in [0.29, 0.717) is 24.5 Å². The quantitative estimate of drug-likeness (QED) is 0.754. The van der Waals surface area contributed by atoms with Gasteiger partial charge in [0.05, 0.1) is 19.3 Å². The van der Waals surface area contributed by atoms with Crippen LogP contribution in [0.5, 0.6) is 0 Å². The van der Waals surface area contributed by atoms with Gasteiger partial charge in [0.1, 0.15) is 5.69 Å². The molecule has 126 valence electrons. The summed E-state index contributed by atoms with van der Waals surface area (Å²) in [6.45, 7) is 3.13. The molecule has 0 fully saturated rings. The topological polar surface area (TPSA) is 68.2 Å². The van der Waals surface area contributed by atoms with Crippen molar-refractivity contribution in [2.45, 2.75) is 6.92 Å². The SMILES string of the molecule is COCCNCC(=O)Nc1ccc(-n2cc(C)cn2)c(F)c1.Cl. The molecule has 1 amide bonds. The maximum Gasteiger partial charge on any atom is 0.238 e. The molecule has 0 radical (unpaired) electrons. The van der Waals surface area contributed by atoms with Crippen LogP contribution in [-0.4, -0.2) is 42.5 Å². The van der Waals surface area contributed by atoms with Crippen molar-refractivity contribution in [1.29, 1.82) is 0 Å². The van der Waals surface area contributed by atoms with Crippen molar-refractivity contribution in [3.8, 4) is 5.69 Å². The summed E-state index contributed by atoms with van der Waals surface area (Å²) in [5.74, 6) is -0.688. The molecule has 0 spiro atoms. The lowest BCUT2D eigenvalue weighted by molar-refractivity contribution is -0.115. The maximum absolute atomic E-state index is 14.1. The van der Waals surface area contributed by atoms with Gasteiger partial charge in [-0.15, -0.1) is 12.4 Å². The van der Waals surface area contributed by atoms with Crippen molar-refractivity contribution in [2.24, 2.45) is 0 Å². The molecule has 23 heavy (non-hydrogen) atoms. The first kappa shape index (κ1) is 19.1. The standard InChI is InChI=1S/C15H19FN4O2.ClH/c1-11-8-18-20(10-11)14-4-3-12(7-13(14)16)19-15(21)9-17-5-6-22-2;/h3-4,7-8,10,17H,5-6,9H2,1-2H3,(H,19,21);1H. The molecule has 0 aliphatic rings. The van der Waals surface area contributed by atoms with Crippen molar-refractivity contribution >= 4 is 24.0 Å². The summed E-state index contributed by atoms with van der Waals surface area (Å²) in [5.41, 5.74) is 1.69. The third-order valence-corrected chi connectivity index (χ3v) is 2.96. The Bertz CT molecular complexity index is 648. The summed E-state index contributed by atoms with van der Waals surface area (Å²) in [6.07, 6.45) is 3.39. The highest BCUT2D eigenvalue weighted by atomic mass is 35.5. The Hall–Kier alpha value is -1.96. The van der Waals surface area contributed by atoms with Crippen molar-refractivity contribution in [3.05, 3.63) is 42.0 Å². The predicted molar refractivity (Wildman–Crippen MR) is 88.9 cm³/mol. The number of aryl methyl sites for hydroxylation is 1. The number of hydrogen-bond donors (Lipinski definition) is 2. The third-order valence-electron chi connectivity index (χ3n) is 2.96. The Balaban J connectivity index is 0.00000264. The molecule has 0 saturated heterocycles. The van der Waals surface area contributed by atoms with Crippen molar-refractivity contribution in [3.63, 3.8) is 0 Å². The van der Waals surface area contributed by atoms with Gasteiger partial charge in [0.25, 0.3) is 0 Å². The highest BCUT2D eigenvalue weighted by molar-refractivity contribution is 5.92. The molecular weight excluding hydrogens is 323 g/mol. The summed E-state index contributed by atoms with van der Waals surface area (Å²) in [4.78, 5) is 11.7. The van der Waals surface area contributed by atoms with Crippen LogP contribution < -0.4 is 10.6 Å².